The monoisotopic (exact) mass is 208 g/mol. The highest BCUT2D eigenvalue weighted by atomic mass is 15.2. The molecule has 0 unspecified atom stereocenters. The third kappa shape index (κ3) is 2.38. The van der Waals surface area contributed by atoms with E-state index in [0.29, 0.717) is 6.04 Å². The Labute approximate surface area is 91.1 Å². The third-order valence-corrected chi connectivity index (χ3v) is 3.12. The number of H-pyrrole nitrogens is 1. The lowest BCUT2D eigenvalue weighted by atomic mass is 10.1. The summed E-state index contributed by atoms with van der Waals surface area (Å²) in [6.45, 7) is 10.8. The van der Waals surface area contributed by atoms with Gasteiger partial charge in [-0.15, -0.1) is 0 Å². The van der Waals surface area contributed by atoms with Crippen LogP contribution in [0.4, 0.5) is 0 Å². The van der Waals surface area contributed by atoms with E-state index < -0.39 is 0 Å². The minimum atomic E-state index is 0.603. The van der Waals surface area contributed by atoms with Crippen molar-refractivity contribution in [2.24, 2.45) is 0 Å². The number of rotatable bonds is 2. The van der Waals surface area contributed by atoms with Gasteiger partial charge < -0.3 is 5.32 Å². The first-order valence-corrected chi connectivity index (χ1v) is 5.63. The molecule has 1 fully saturated rings. The zero-order valence-corrected chi connectivity index (χ0v) is 9.80. The molecule has 4 heteroatoms. The Balaban J connectivity index is 2.02. The first-order valence-electron chi connectivity index (χ1n) is 5.63. The normalized spacial score (nSPS) is 23.3. The van der Waals surface area contributed by atoms with E-state index in [2.05, 4.69) is 41.2 Å². The van der Waals surface area contributed by atoms with Gasteiger partial charge in [-0.05, 0) is 20.8 Å². The van der Waals surface area contributed by atoms with Crippen molar-refractivity contribution < 1.29 is 0 Å². The van der Waals surface area contributed by atoms with Crippen LogP contribution in [0.25, 0.3) is 0 Å². The molecule has 1 aliphatic heterocycles. The molecule has 4 nitrogen and oxygen atoms in total. The second-order valence-corrected chi connectivity index (χ2v) is 4.50. The number of aryl methyl sites for hydroxylation is 2. The van der Waals surface area contributed by atoms with E-state index in [1.54, 1.807) is 0 Å². The number of aromatic amines is 1. The SMILES string of the molecule is Cc1n[nH]c(C)c1CN1CCN[C@H](C)C1. The fraction of sp³-hybridized carbons (Fsp3) is 0.727. The molecule has 2 N–H and O–H groups in total. The first-order chi connectivity index (χ1) is 7.16. The second kappa shape index (κ2) is 4.33. The van der Waals surface area contributed by atoms with Crippen LogP contribution in [0, 0.1) is 13.8 Å². The van der Waals surface area contributed by atoms with Crippen molar-refractivity contribution in [1.82, 2.24) is 20.4 Å². The van der Waals surface area contributed by atoms with Gasteiger partial charge in [-0.2, -0.15) is 5.10 Å². The van der Waals surface area contributed by atoms with Gasteiger partial charge in [0.25, 0.3) is 0 Å². The van der Waals surface area contributed by atoms with Gasteiger partial charge in [0.05, 0.1) is 5.69 Å². The van der Waals surface area contributed by atoms with E-state index in [9.17, 15) is 0 Å². The topological polar surface area (TPSA) is 44.0 Å². The van der Waals surface area contributed by atoms with Gasteiger partial charge in [-0.1, -0.05) is 0 Å². The minimum absolute atomic E-state index is 0.603. The largest absolute Gasteiger partial charge is 0.312 e. The quantitative estimate of drug-likeness (QED) is 0.756. The van der Waals surface area contributed by atoms with Crippen LogP contribution < -0.4 is 5.32 Å². The molecule has 1 aromatic heterocycles. The number of nitrogens with zero attached hydrogens (tertiary/aromatic N) is 2. The number of aromatic nitrogens is 2. The molecular formula is C11H20N4. The summed E-state index contributed by atoms with van der Waals surface area (Å²) in [4.78, 5) is 2.49. The van der Waals surface area contributed by atoms with Crippen molar-refractivity contribution >= 4 is 0 Å². The zero-order chi connectivity index (χ0) is 10.8. The van der Waals surface area contributed by atoms with Gasteiger partial charge in [0, 0.05) is 43.5 Å². The average Bonchev–Trinajstić information content (AvgIpc) is 2.50. The van der Waals surface area contributed by atoms with Crippen molar-refractivity contribution in [2.75, 3.05) is 19.6 Å². The van der Waals surface area contributed by atoms with Gasteiger partial charge in [-0.3, -0.25) is 10.00 Å². The molecule has 0 spiro atoms. The molecule has 84 valence electrons. The Morgan fingerprint density at radius 1 is 1.47 bits per heavy atom. The second-order valence-electron chi connectivity index (χ2n) is 4.50. The van der Waals surface area contributed by atoms with Crippen molar-refractivity contribution in [3.8, 4) is 0 Å². The summed E-state index contributed by atoms with van der Waals surface area (Å²) in [6, 6.07) is 0.603. The van der Waals surface area contributed by atoms with Crippen LogP contribution in [-0.4, -0.2) is 40.8 Å². The lowest BCUT2D eigenvalue weighted by Crippen LogP contribution is -2.48. The number of nitrogens with one attached hydrogen (secondary N) is 2. The van der Waals surface area contributed by atoms with Crippen LogP contribution >= 0.6 is 0 Å². The smallest absolute Gasteiger partial charge is 0.0639 e. The Morgan fingerprint density at radius 3 is 2.87 bits per heavy atom. The standard InChI is InChI=1S/C11H20N4/c1-8-6-15(5-4-12-8)7-11-9(2)13-14-10(11)3/h8,12H,4-7H2,1-3H3,(H,13,14)/t8-/m1/s1. The highest BCUT2D eigenvalue weighted by molar-refractivity contribution is 5.22. The summed E-state index contributed by atoms with van der Waals surface area (Å²) < 4.78 is 0. The summed E-state index contributed by atoms with van der Waals surface area (Å²) in [6.07, 6.45) is 0. The Bertz CT molecular complexity index is 312. The molecule has 1 saturated heterocycles. The first kappa shape index (κ1) is 10.6. The Hall–Kier alpha value is -0.870. The van der Waals surface area contributed by atoms with Gasteiger partial charge in [-0.25, -0.2) is 0 Å². The molecule has 0 amide bonds. The lowest BCUT2D eigenvalue weighted by Gasteiger charge is -2.31. The van der Waals surface area contributed by atoms with Crippen molar-refractivity contribution in [3.63, 3.8) is 0 Å². The van der Waals surface area contributed by atoms with Crippen LogP contribution in [0.2, 0.25) is 0 Å². The molecule has 1 aliphatic rings. The predicted octanol–water partition coefficient (Wildman–Crippen LogP) is 0.820. The molecule has 2 rings (SSSR count). The van der Waals surface area contributed by atoms with Crippen molar-refractivity contribution in [1.29, 1.82) is 0 Å². The lowest BCUT2D eigenvalue weighted by molar-refractivity contribution is 0.199. The Morgan fingerprint density at radius 2 is 2.27 bits per heavy atom. The highest BCUT2D eigenvalue weighted by Gasteiger charge is 2.17. The molecule has 0 radical (unpaired) electrons. The van der Waals surface area contributed by atoms with Crippen LogP contribution in [0.15, 0.2) is 0 Å². The van der Waals surface area contributed by atoms with Crippen LogP contribution in [0.3, 0.4) is 0 Å². The summed E-state index contributed by atoms with van der Waals surface area (Å²) >= 11 is 0. The molecule has 0 bridgehead atoms. The molecule has 0 saturated carbocycles. The highest BCUT2D eigenvalue weighted by Crippen LogP contribution is 2.13. The fourth-order valence-electron chi connectivity index (χ4n) is 2.19. The summed E-state index contributed by atoms with van der Waals surface area (Å²) in [5, 5.41) is 10.7. The summed E-state index contributed by atoms with van der Waals surface area (Å²) in [5.74, 6) is 0. The average molecular weight is 208 g/mol. The Kier molecular flexibility index (Phi) is 3.07. The molecule has 0 aromatic carbocycles. The number of hydrogen-bond acceptors (Lipinski definition) is 3. The predicted molar refractivity (Wildman–Crippen MR) is 60.8 cm³/mol. The maximum atomic E-state index is 4.23. The molecule has 0 aliphatic carbocycles. The van der Waals surface area contributed by atoms with E-state index >= 15 is 0 Å². The van der Waals surface area contributed by atoms with Gasteiger partial charge in [0.2, 0.25) is 0 Å². The van der Waals surface area contributed by atoms with E-state index in [0.717, 1.165) is 31.9 Å². The fourth-order valence-corrected chi connectivity index (χ4v) is 2.19. The maximum Gasteiger partial charge on any atom is 0.0639 e. The van der Waals surface area contributed by atoms with E-state index in [4.69, 9.17) is 0 Å². The zero-order valence-electron chi connectivity index (χ0n) is 9.80. The van der Waals surface area contributed by atoms with E-state index in [-0.39, 0.29) is 0 Å². The molecule has 1 atom stereocenters. The minimum Gasteiger partial charge on any atom is -0.312 e. The summed E-state index contributed by atoms with van der Waals surface area (Å²) in [5.41, 5.74) is 3.71. The van der Waals surface area contributed by atoms with Crippen LogP contribution in [0.1, 0.15) is 23.9 Å². The van der Waals surface area contributed by atoms with Crippen molar-refractivity contribution in [2.45, 2.75) is 33.4 Å². The third-order valence-electron chi connectivity index (χ3n) is 3.12. The number of piperazine rings is 1. The van der Waals surface area contributed by atoms with Crippen LogP contribution in [-0.2, 0) is 6.54 Å². The molecule has 15 heavy (non-hydrogen) atoms. The number of hydrogen-bond donors (Lipinski definition) is 2. The molecule has 1 aromatic rings. The maximum absolute atomic E-state index is 4.23. The van der Waals surface area contributed by atoms with E-state index in [1.165, 1.54) is 11.3 Å². The van der Waals surface area contributed by atoms with E-state index in [1.807, 2.05) is 0 Å². The van der Waals surface area contributed by atoms with Gasteiger partial charge in [0.1, 0.15) is 0 Å². The van der Waals surface area contributed by atoms with Crippen LogP contribution in [0.5, 0.6) is 0 Å². The van der Waals surface area contributed by atoms with Gasteiger partial charge in [0.15, 0.2) is 0 Å². The van der Waals surface area contributed by atoms with Crippen molar-refractivity contribution in [3.05, 3.63) is 17.0 Å². The molecule has 2 heterocycles. The van der Waals surface area contributed by atoms with Gasteiger partial charge >= 0.3 is 0 Å². The summed E-state index contributed by atoms with van der Waals surface area (Å²) in [7, 11) is 0. The molecular weight excluding hydrogens is 188 g/mol.